The second-order valence-corrected chi connectivity index (χ2v) is 8.28. The molecule has 0 aromatic heterocycles. The fraction of sp³-hybridized carbons (Fsp3) is 0.0645. The molecule has 0 amide bonds. The van der Waals surface area contributed by atoms with Gasteiger partial charge in [-0.15, -0.1) is 0 Å². The van der Waals surface area contributed by atoms with Crippen molar-refractivity contribution in [2.45, 2.75) is 11.3 Å². The monoisotopic (exact) mass is 511 g/mol. The summed E-state index contributed by atoms with van der Waals surface area (Å²) in [6.45, 7) is 0. The van der Waals surface area contributed by atoms with Crippen LogP contribution in [0.4, 0.5) is 0 Å². The van der Waals surface area contributed by atoms with Gasteiger partial charge in [-0.25, -0.2) is 19.2 Å². The fourth-order valence-electron chi connectivity index (χ4n) is 4.32. The highest BCUT2D eigenvalue weighted by Crippen LogP contribution is 2.36. The summed E-state index contributed by atoms with van der Waals surface area (Å²) in [7, 11) is 0. The van der Waals surface area contributed by atoms with Gasteiger partial charge in [0.2, 0.25) is 35.6 Å². The van der Waals surface area contributed by atoms with E-state index in [9.17, 15) is 19.2 Å². The molecule has 0 heterocycles. The third-order valence-corrected chi connectivity index (χ3v) is 6.14. The molecular formula is C31H19N4O4. The van der Waals surface area contributed by atoms with E-state index in [1.54, 1.807) is 109 Å². The summed E-state index contributed by atoms with van der Waals surface area (Å²) in [5, 5.41) is 0. The van der Waals surface area contributed by atoms with Crippen LogP contribution in [0.25, 0.3) is 0 Å². The SMILES string of the molecule is O=C=NC(N=C=O)(c1ccccc1)c1ccc([CH]c2ccc(C(N=C=O)(N=C=O)c3ccccc3)cc2)cc1. The van der Waals surface area contributed by atoms with Crippen molar-refractivity contribution in [3.63, 3.8) is 0 Å². The molecule has 0 saturated heterocycles. The average molecular weight is 512 g/mol. The highest BCUT2D eigenvalue weighted by molar-refractivity contribution is 5.52. The van der Waals surface area contributed by atoms with Crippen LogP contribution >= 0.6 is 0 Å². The predicted molar refractivity (Wildman–Crippen MR) is 142 cm³/mol. The van der Waals surface area contributed by atoms with Crippen LogP contribution in [0, 0.1) is 6.42 Å². The van der Waals surface area contributed by atoms with Crippen LogP contribution in [0.3, 0.4) is 0 Å². The van der Waals surface area contributed by atoms with Gasteiger partial charge < -0.3 is 0 Å². The van der Waals surface area contributed by atoms with E-state index in [2.05, 4.69) is 20.0 Å². The van der Waals surface area contributed by atoms with Crippen LogP contribution in [0.5, 0.6) is 0 Å². The number of nitrogens with zero attached hydrogens (tertiary/aromatic N) is 4. The second kappa shape index (κ2) is 12.1. The minimum Gasteiger partial charge on any atom is -0.211 e. The van der Waals surface area contributed by atoms with E-state index in [-0.39, 0.29) is 0 Å². The van der Waals surface area contributed by atoms with E-state index in [4.69, 9.17) is 0 Å². The molecule has 8 nitrogen and oxygen atoms in total. The molecule has 4 aromatic carbocycles. The van der Waals surface area contributed by atoms with E-state index in [0.29, 0.717) is 22.3 Å². The highest BCUT2D eigenvalue weighted by atomic mass is 16.1. The largest absolute Gasteiger partial charge is 0.238 e. The van der Waals surface area contributed by atoms with E-state index in [1.165, 1.54) is 24.3 Å². The molecule has 187 valence electrons. The second-order valence-electron chi connectivity index (χ2n) is 8.28. The average Bonchev–Trinajstić information content (AvgIpc) is 2.98. The van der Waals surface area contributed by atoms with E-state index >= 15 is 0 Å². The minimum absolute atomic E-state index is 0.485. The number of rotatable bonds is 10. The molecule has 0 aliphatic heterocycles. The Kier molecular flexibility index (Phi) is 8.20. The Labute approximate surface area is 223 Å². The number of isocyanates is 4. The first-order chi connectivity index (χ1) is 19.1. The van der Waals surface area contributed by atoms with Crippen molar-refractivity contribution in [1.82, 2.24) is 0 Å². The Morgan fingerprint density at radius 2 is 0.692 bits per heavy atom. The Balaban J connectivity index is 1.65. The molecule has 39 heavy (non-hydrogen) atoms. The smallest absolute Gasteiger partial charge is 0.211 e. The van der Waals surface area contributed by atoms with Crippen molar-refractivity contribution in [3.05, 3.63) is 149 Å². The summed E-state index contributed by atoms with van der Waals surface area (Å²) in [5.74, 6) is 0. The minimum atomic E-state index is -1.59. The van der Waals surface area contributed by atoms with Crippen LogP contribution in [-0.4, -0.2) is 24.3 Å². The number of carbonyl (C=O) groups excluding carboxylic acids is 4. The van der Waals surface area contributed by atoms with Gasteiger partial charge in [-0.05, 0) is 11.1 Å². The number of benzene rings is 4. The van der Waals surface area contributed by atoms with Gasteiger partial charge >= 0.3 is 0 Å². The van der Waals surface area contributed by atoms with Crippen LogP contribution < -0.4 is 0 Å². The molecule has 0 atom stereocenters. The first kappa shape index (κ1) is 26.5. The summed E-state index contributed by atoms with van der Waals surface area (Å²) in [4.78, 5) is 60.6. The van der Waals surface area contributed by atoms with Gasteiger partial charge in [-0.1, -0.05) is 109 Å². The summed E-state index contributed by atoms with van der Waals surface area (Å²) >= 11 is 0. The molecule has 1 radical (unpaired) electrons. The summed E-state index contributed by atoms with van der Waals surface area (Å²) in [6, 6.07) is 31.5. The summed E-state index contributed by atoms with van der Waals surface area (Å²) in [5.41, 5.74) is 0.435. The van der Waals surface area contributed by atoms with Crippen LogP contribution in [-0.2, 0) is 30.5 Å². The van der Waals surface area contributed by atoms with Crippen molar-refractivity contribution in [3.8, 4) is 0 Å². The normalized spacial score (nSPS) is 13.1. The predicted octanol–water partition coefficient (Wildman–Crippen LogP) is 5.03. The first-order valence-electron chi connectivity index (χ1n) is 11.6. The van der Waals surface area contributed by atoms with Crippen LogP contribution in [0.15, 0.2) is 129 Å². The van der Waals surface area contributed by atoms with Crippen LogP contribution in [0.2, 0.25) is 0 Å². The van der Waals surface area contributed by atoms with Gasteiger partial charge in [0.15, 0.2) is 0 Å². The molecule has 4 aromatic rings. The van der Waals surface area contributed by atoms with Gasteiger partial charge in [0.05, 0.1) is 0 Å². The molecule has 0 bridgehead atoms. The standard InChI is InChI=1S/C31H19N4O4/c36-20-32-30(33-21-37,26-7-3-1-4-8-26)28-15-11-24(12-16-28)19-25-13-17-29(18-14-25)31(34-22-38,35-23-39)27-9-5-2-6-10-27/h1-19H. The Hall–Kier alpha value is -5.60. The van der Waals surface area contributed by atoms with E-state index < -0.39 is 11.3 Å². The maximum absolute atomic E-state index is 11.3. The number of hydrogen-bond donors (Lipinski definition) is 0. The fourth-order valence-corrected chi connectivity index (χ4v) is 4.32. The van der Waals surface area contributed by atoms with Crippen molar-refractivity contribution in [2.75, 3.05) is 0 Å². The molecule has 0 spiro atoms. The molecule has 0 unspecified atom stereocenters. The maximum atomic E-state index is 11.3. The summed E-state index contributed by atoms with van der Waals surface area (Å²) < 4.78 is 0. The quantitative estimate of drug-likeness (QED) is 0.219. The topological polar surface area (TPSA) is 118 Å². The molecule has 0 aliphatic rings. The van der Waals surface area contributed by atoms with Gasteiger partial charge in [0.1, 0.15) is 0 Å². The molecule has 4 rings (SSSR count). The lowest BCUT2D eigenvalue weighted by atomic mass is 9.90. The zero-order chi connectivity index (χ0) is 27.6. The Bertz CT molecular complexity index is 1470. The third-order valence-electron chi connectivity index (χ3n) is 6.14. The van der Waals surface area contributed by atoms with Crippen molar-refractivity contribution in [1.29, 1.82) is 0 Å². The zero-order valence-corrected chi connectivity index (χ0v) is 20.4. The molecular weight excluding hydrogens is 492 g/mol. The zero-order valence-electron chi connectivity index (χ0n) is 20.4. The lowest BCUT2D eigenvalue weighted by molar-refractivity contribution is 0.515. The Morgan fingerprint density at radius 3 is 0.974 bits per heavy atom. The number of aliphatic imine (C=N–C) groups is 4. The van der Waals surface area contributed by atoms with Crippen molar-refractivity contribution >= 4 is 24.3 Å². The lowest BCUT2D eigenvalue weighted by Gasteiger charge is -2.24. The molecule has 0 aliphatic carbocycles. The third kappa shape index (κ3) is 5.41. The summed E-state index contributed by atoms with van der Waals surface area (Å²) in [6.07, 6.45) is 7.98. The highest BCUT2D eigenvalue weighted by Gasteiger charge is 2.35. The maximum Gasteiger partial charge on any atom is 0.238 e. The van der Waals surface area contributed by atoms with Crippen molar-refractivity contribution < 1.29 is 19.2 Å². The molecule has 0 saturated carbocycles. The molecule has 0 N–H and O–H groups in total. The van der Waals surface area contributed by atoms with E-state index in [1.807, 2.05) is 6.42 Å². The van der Waals surface area contributed by atoms with Gasteiger partial charge in [-0.3, -0.25) is 0 Å². The van der Waals surface area contributed by atoms with Gasteiger partial charge in [-0.2, -0.15) is 20.0 Å². The van der Waals surface area contributed by atoms with Crippen LogP contribution in [0.1, 0.15) is 33.4 Å². The number of hydrogen-bond acceptors (Lipinski definition) is 8. The van der Waals surface area contributed by atoms with Crippen molar-refractivity contribution in [2.24, 2.45) is 20.0 Å². The van der Waals surface area contributed by atoms with Gasteiger partial charge in [0.25, 0.3) is 0 Å². The first-order valence-corrected chi connectivity index (χ1v) is 11.6. The molecule has 8 heteroatoms. The van der Waals surface area contributed by atoms with Gasteiger partial charge in [0, 0.05) is 28.7 Å². The Morgan fingerprint density at radius 1 is 0.410 bits per heavy atom. The van der Waals surface area contributed by atoms with E-state index in [0.717, 1.165) is 11.1 Å². The molecule has 0 fully saturated rings. The lowest BCUT2D eigenvalue weighted by Crippen LogP contribution is -2.22.